The molecule has 1 rings (SSSR count). The molecule has 2 N–H and O–H groups in total. The van der Waals surface area contributed by atoms with Crippen LogP contribution in [0.4, 0.5) is 0 Å². The zero-order chi connectivity index (χ0) is 15.0. The Hall–Kier alpha value is -0.890. The van der Waals surface area contributed by atoms with Crippen molar-refractivity contribution >= 4 is 10.0 Å². The monoisotopic (exact) mass is 304 g/mol. The van der Waals surface area contributed by atoms with Crippen LogP contribution in [0.2, 0.25) is 0 Å². The van der Waals surface area contributed by atoms with Crippen LogP contribution in [0.25, 0.3) is 0 Å². The van der Waals surface area contributed by atoms with Crippen molar-refractivity contribution in [3.05, 3.63) is 17.9 Å². The second-order valence-corrected chi connectivity index (χ2v) is 6.17. The number of hydrogen-bond acceptors (Lipinski definition) is 5. The molecule has 0 aliphatic heterocycles. The lowest BCUT2D eigenvalue weighted by atomic mass is 10.2. The van der Waals surface area contributed by atoms with Gasteiger partial charge in [-0.25, -0.2) is 13.1 Å². The first kappa shape index (κ1) is 17.2. The molecule has 0 spiro atoms. The van der Waals surface area contributed by atoms with Crippen LogP contribution in [0.3, 0.4) is 0 Å². The molecule has 6 nitrogen and oxygen atoms in total. The zero-order valence-electron chi connectivity index (χ0n) is 12.3. The Bertz CT molecular complexity index is 480. The predicted molar refractivity (Wildman–Crippen MR) is 77.0 cm³/mol. The van der Waals surface area contributed by atoms with Gasteiger partial charge >= 0.3 is 0 Å². The van der Waals surface area contributed by atoms with Crippen molar-refractivity contribution < 1.29 is 17.6 Å². The first-order valence-corrected chi connectivity index (χ1v) is 8.32. The third kappa shape index (κ3) is 5.24. The summed E-state index contributed by atoms with van der Waals surface area (Å²) in [5.74, 6) is 0.589. The summed E-state index contributed by atoms with van der Waals surface area (Å²) in [7, 11) is -1.94. The van der Waals surface area contributed by atoms with E-state index in [9.17, 15) is 8.42 Å². The highest BCUT2D eigenvalue weighted by molar-refractivity contribution is 7.89. The van der Waals surface area contributed by atoms with Gasteiger partial charge in [0.2, 0.25) is 5.09 Å². The van der Waals surface area contributed by atoms with Gasteiger partial charge in [-0.3, -0.25) is 0 Å². The van der Waals surface area contributed by atoms with Gasteiger partial charge in [0.15, 0.2) is 0 Å². The summed E-state index contributed by atoms with van der Waals surface area (Å²) >= 11 is 0. The number of nitrogens with one attached hydrogen (secondary N) is 2. The fourth-order valence-electron chi connectivity index (χ4n) is 1.72. The van der Waals surface area contributed by atoms with E-state index in [4.69, 9.17) is 9.15 Å². The van der Waals surface area contributed by atoms with Crippen molar-refractivity contribution in [2.75, 3.05) is 20.3 Å². The number of rotatable bonds is 10. The molecular weight excluding hydrogens is 280 g/mol. The van der Waals surface area contributed by atoms with Crippen molar-refractivity contribution in [3.63, 3.8) is 0 Å². The molecule has 0 aromatic carbocycles. The average molecular weight is 304 g/mol. The fraction of sp³-hybridized carbons (Fsp3) is 0.692. The largest absolute Gasteiger partial charge is 0.447 e. The van der Waals surface area contributed by atoms with Gasteiger partial charge < -0.3 is 14.5 Å². The van der Waals surface area contributed by atoms with Gasteiger partial charge in [-0.1, -0.05) is 13.8 Å². The molecule has 0 radical (unpaired) electrons. The summed E-state index contributed by atoms with van der Waals surface area (Å²) in [4.78, 5) is 0. The molecule has 0 saturated carbocycles. The molecule has 0 amide bonds. The molecule has 0 aliphatic carbocycles. The van der Waals surface area contributed by atoms with Gasteiger partial charge in [0.05, 0.1) is 13.2 Å². The maximum absolute atomic E-state index is 12.1. The van der Waals surface area contributed by atoms with E-state index in [1.165, 1.54) is 6.07 Å². The van der Waals surface area contributed by atoms with Gasteiger partial charge in [-0.2, -0.15) is 0 Å². The topological polar surface area (TPSA) is 80.6 Å². The molecule has 0 atom stereocenters. The minimum atomic E-state index is -3.57. The van der Waals surface area contributed by atoms with Crippen LogP contribution >= 0.6 is 0 Å². The lowest BCUT2D eigenvalue weighted by molar-refractivity contribution is 0.198. The van der Waals surface area contributed by atoms with Crippen LogP contribution in [-0.4, -0.2) is 34.7 Å². The molecule has 1 aromatic rings. The summed E-state index contributed by atoms with van der Waals surface area (Å²) in [5, 5.41) is 3.06. The van der Waals surface area contributed by atoms with Gasteiger partial charge in [0.1, 0.15) is 5.76 Å². The molecule has 0 fully saturated rings. The van der Waals surface area contributed by atoms with Crippen LogP contribution in [0.5, 0.6) is 0 Å². The van der Waals surface area contributed by atoms with E-state index in [1.54, 1.807) is 13.2 Å². The molecule has 0 unspecified atom stereocenters. The predicted octanol–water partition coefficient (Wildman–Crippen LogP) is 1.48. The Morgan fingerprint density at radius 2 is 2.00 bits per heavy atom. The van der Waals surface area contributed by atoms with E-state index in [0.717, 1.165) is 12.8 Å². The summed E-state index contributed by atoms with van der Waals surface area (Å²) in [6.07, 6.45) is 1.50. The Labute approximate surface area is 120 Å². The van der Waals surface area contributed by atoms with E-state index in [2.05, 4.69) is 10.0 Å². The Kier molecular flexibility index (Phi) is 7.22. The zero-order valence-corrected chi connectivity index (χ0v) is 13.1. The molecular formula is C13H24N2O4S. The van der Waals surface area contributed by atoms with Crippen molar-refractivity contribution in [3.8, 4) is 0 Å². The SMILES string of the molecule is CCC(CC)NS(=O)(=O)c1ccc(CNCCOC)o1. The second kappa shape index (κ2) is 8.41. The average Bonchev–Trinajstić information content (AvgIpc) is 2.90. The fourth-order valence-corrected chi connectivity index (χ4v) is 3.07. The van der Waals surface area contributed by atoms with E-state index >= 15 is 0 Å². The van der Waals surface area contributed by atoms with E-state index in [1.807, 2.05) is 13.8 Å². The Balaban J connectivity index is 2.61. The van der Waals surface area contributed by atoms with Crippen LogP contribution in [0.1, 0.15) is 32.4 Å². The van der Waals surface area contributed by atoms with Gasteiger partial charge in [-0.15, -0.1) is 0 Å². The summed E-state index contributed by atoms with van der Waals surface area (Å²) in [6, 6.07) is 3.09. The normalized spacial score (nSPS) is 12.2. The number of furan rings is 1. The highest BCUT2D eigenvalue weighted by Crippen LogP contribution is 2.15. The first-order valence-electron chi connectivity index (χ1n) is 6.84. The second-order valence-electron chi connectivity index (χ2n) is 4.53. The number of hydrogen-bond donors (Lipinski definition) is 2. The van der Waals surface area contributed by atoms with E-state index in [-0.39, 0.29) is 11.1 Å². The highest BCUT2D eigenvalue weighted by Gasteiger charge is 2.21. The van der Waals surface area contributed by atoms with Crippen LogP contribution in [0, 0.1) is 0 Å². The Morgan fingerprint density at radius 3 is 2.60 bits per heavy atom. The molecule has 0 saturated heterocycles. The Morgan fingerprint density at radius 1 is 1.30 bits per heavy atom. The van der Waals surface area contributed by atoms with Crippen molar-refractivity contribution in [1.29, 1.82) is 0 Å². The van der Waals surface area contributed by atoms with Crippen molar-refractivity contribution in [2.45, 2.75) is 44.4 Å². The molecule has 0 aliphatic rings. The molecule has 7 heteroatoms. The molecule has 1 aromatic heterocycles. The molecule has 116 valence electrons. The maximum Gasteiger partial charge on any atom is 0.274 e. The van der Waals surface area contributed by atoms with Crippen LogP contribution in [0.15, 0.2) is 21.6 Å². The lowest BCUT2D eigenvalue weighted by Crippen LogP contribution is -2.33. The summed E-state index contributed by atoms with van der Waals surface area (Å²) in [6.45, 7) is 5.66. The standard InChI is InChI=1S/C13H24N2O4S/c1-4-11(5-2)15-20(16,17)13-7-6-12(19-13)10-14-8-9-18-3/h6-7,11,14-15H,4-5,8-10H2,1-3H3. The molecule has 0 bridgehead atoms. The number of methoxy groups -OCH3 is 1. The van der Waals surface area contributed by atoms with Gasteiger partial charge in [-0.05, 0) is 25.0 Å². The third-order valence-corrected chi connectivity index (χ3v) is 4.38. The van der Waals surface area contributed by atoms with Crippen LogP contribution < -0.4 is 10.0 Å². The lowest BCUT2D eigenvalue weighted by Gasteiger charge is -2.13. The van der Waals surface area contributed by atoms with Crippen LogP contribution in [-0.2, 0) is 21.3 Å². The minimum Gasteiger partial charge on any atom is -0.447 e. The van der Waals surface area contributed by atoms with E-state index in [0.29, 0.717) is 25.5 Å². The quantitative estimate of drug-likeness (QED) is 0.640. The first-order chi connectivity index (χ1) is 9.53. The van der Waals surface area contributed by atoms with Gasteiger partial charge in [0, 0.05) is 19.7 Å². The third-order valence-electron chi connectivity index (χ3n) is 2.99. The number of sulfonamides is 1. The van der Waals surface area contributed by atoms with E-state index < -0.39 is 10.0 Å². The van der Waals surface area contributed by atoms with Crippen molar-refractivity contribution in [2.24, 2.45) is 0 Å². The van der Waals surface area contributed by atoms with Crippen molar-refractivity contribution in [1.82, 2.24) is 10.0 Å². The summed E-state index contributed by atoms with van der Waals surface area (Å²) in [5.41, 5.74) is 0. The number of ether oxygens (including phenoxy) is 1. The summed E-state index contributed by atoms with van der Waals surface area (Å²) < 4.78 is 37.1. The minimum absolute atomic E-state index is 0.0343. The highest BCUT2D eigenvalue weighted by atomic mass is 32.2. The maximum atomic E-state index is 12.1. The smallest absolute Gasteiger partial charge is 0.274 e. The molecule has 1 heterocycles. The molecule has 20 heavy (non-hydrogen) atoms. The van der Waals surface area contributed by atoms with Gasteiger partial charge in [0.25, 0.3) is 10.0 Å².